The molecule has 0 aromatic rings. The molecule has 0 saturated heterocycles. The molecular formula is C7H12O4S. The van der Waals surface area contributed by atoms with E-state index in [2.05, 4.69) is 11.3 Å². The predicted octanol–water partition coefficient (Wildman–Crippen LogP) is 0.496. The Labute approximate surface area is 72.1 Å². The molecule has 0 spiro atoms. The van der Waals surface area contributed by atoms with Gasteiger partial charge in [-0.2, -0.15) is 0 Å². The van der Waals surface area contributed by atoms with Crippen LogP contribution in [0.4, 0.5) is 0 Å². The molecule has 0 aromatic heterocycles. The van der Waals surface area contributed by atoms with E-state index in [1.807, 2.05) is 0 Å². The van der Waals surface area contributed by atoms with E-state index in [0.717, 1.165) is 6.26 Å². The van der Waals surface area contributed by atoms with Crippen molar-refractivity contribution >= 4 is 15.8 Å². The quantitative estimate of drug-likeness (QED) is 0.480. The van der Waals surface area contributed by atoms with E-state index in [-0.39, 0.29) is 6.42 Å². The van der Waals surface area contributed by atoms with Crippen LogP contribution in [-0.2, 0) is 19.4 Å². The van der Waals surface area contributed by atoms with Crippen LogP contribution in [0.1, 0.15) is 13.3 Å². The van der Waals surface area contributed by atoms with E-state index in [4.69, 9.17) is 0 Å². The topological polar surface area (TPSA) is 60.4 Å². The van der Waals surface area contributed by atoms with E-state index in [1.54, 1.807) is 0 Å². The third kappa shape index (κ3) is 4.12. The minimum atomic E-state index is -3.34. The van der Waals surface area contributed by atoms with Crippen LogP contribution in [0.2, 0.25) is 0 Å². The van der Waals surface area contributed by atoms with E-state index in [1.165, 1.54) is 13.0 Å². The summed E-state index contributed by atoms with van der Waals surface area (Å²) in [5.74, 6) is -0.604. The molecule has 0 aliphatic heterocycles. The number of esters is 1. The molecule has 0 aromatic carbocycles. The standard InChI is InChI=1S/C7H12O4S/c1-4-5-7(11-6(2)8)12(3,9)10/h4,7H,1,5H2,2-3H3. The minimum absolute atomic E-state index is 0.123. The molecule has 0 aliphatic rings. The maximum Gasteiger partial charge on any atom is 0.303 e. The van der Waals surface area contributed by atoms with E-state index >= 15 is 0 Å². The molecule has 4 nitrogen and oxygen atoms in total. The molecule has 0 rings (SSSR count). The molecule has 0 heterocycles. The average molecular weight is 192 g/mol. The van der Waals surface area contributed by atoms with Gasteiger partial charge < -0.3 is 4.74 Å². The largest absolute Gasteiger partial charge is 0.446 e. The van der Waals surface area contributed by atoms with Crippen molar-refractivity contribution in [2.75, 3.05) is 6.26 Å². The molecule has 0 N–H and O–H groups in total. The Balaban J connectivity index is 4.44. The Hall–Kier alpha value is -0.840. The maximum absolute atomic E-state index is 10.9. The van der Waals surface area contributed by atoms with Gasteiger partial charge in [-0.3, -0.25) is 4.79 Å². The van der Waals surface area contributed by atoms with Gasteiger partial charge in [0.15, 0.2) is 9.84 Å². The van der Waals surface area contributed by atoms with Crippen LogP contribution < -0.4 is 0 Å². The molecule has 0 aliphatic carbocycles. The van der Waals surface area contributed by atoms with E-state index in [0.29, 0.717) is 0 Å². The average Bonchev–Trinajstić information content (AvgIpc) is 1.83. The lowest BCUT2D eigenvalue weighted by Crippen LogP contribution is -2.24. The first-order valence-electron chi connectivity index (χ1n) is 3.35. The van der Waals surface area contributed by atoms with Gasteiger partial charge >= 0.3 is 5.97 Å². The highest BCUT2D eigenvalue weighted by atomic mass is 32.2. The number of carbonyl (C=O) groups excluding carboxylic acids is 1. The summed E-state index contributed by atoms with van der Waals surface area (Å²) in [4.78, 5) is 10.5. The molecule has 5 heteroatoms. The van der Waals surface area contributed by atoms with Gasteiger partial charge in [-0.1, -0.05) is 6.08 Å². The molecule has 1 unspecified atom stereocenters. The smallest absolute Gasteiger partial charge is 0.303 e. The van der Waals surface area contributed by atoms with Gasteiger partial charge in [0.05, 0.1) is 0 Å². The molecule has 0 saturated carbocycles. The summed E-state index contributed by atoms with van der Waals surface area (Å²) in [6.45, 7) is 4.53. The van der Waals surface area contributed by atoms with Crippen LogP contribution in [0.3, 0.4) is 0 Å². The van der Waals surface area contributed by atoms with Crippen molar-refractivity contribution in [3.63, 3.8) is 0 Å². The van der Waals surface area contributed by atoms with Crippen molar-refractivity contribution in [1.82, 2.24) is 0 Å². The summed E-state index contributed by atoms with van der Waals surface area (Å²) in [7, 11) is -3.34. The maximum atomic E-state index is 10.9. The second kappa shape index (κ2) is 4.25. The Morgan fingerprint density at radius 1 is 1.67 bits per heavy atom. The fourth-order valence-corrected chi connectivity index (χ4v) is 1.43. The third-order valence-electron chi connectivity index (χ3n) is 1.13. The lowest BCUT2D eigenvalue weighted by Gasteiger charge is -2.12. The number of sulfone groups is 1. The molecule has 0 bridgehead atoms. The zero-order chi connectivity index (χ0) is 9.78. The highest BCUT2D eigenvalue weighted by molar-refractivity contribution is 7.91. The monoisotopic (exact) mass is 192 g/mol. The zero-order valence-electron chi connectivity index (χ0n) is 7.11. The lowest BCUT2D eigenvalue weighted by atomic mass is 10.4. The number of hydrogen-bond acceptors (Lipinski definition) is 4. The zero-order valence-corrected chi connectivity index (χ0v) is 7.93. The first kappa shape index (κ1) is 11.2. The number of carbonyl (C=O) groups is 1. The van der Waals surface area contributed by atoms with Crippen molar-refractivity contribution in [3.05, 3.63) is 12.7 Å². The van der Waals surface area contributed by atoms with Crippen molar-refractivity contribution in [1.29, 1.82) is 0 Å². The molecule has 12 heavy (non-hydrogen) atoms. The van der Waals surface area contributed by atoms with Gasteiger partial charge in [0.25, 0.3) is 0 Å². The van der Waals surface area contributed by atoms with Gasteiger partial charge in [0.1, 0.15) is 0 Å². The molecule has 0 radical (unpaired) electrons. The second-order valence-electron chi connectivity index (χ2n) is 2.39. The molecule has 0 amide bonds. The van der Waals surface area contributed by atoms with Crippen molar-refractivity contribution in [2.45, 2.75) is 18.8 Å². The molecule has 0 fully saturated rings. The van der Waals surface area contributed by atoms with Crippen molar-refractivity contribution < 1.29 is 17.9 Å². The van der Waals surface area contributed by atoms with E-state index in [9.17, 15) is 13.2 Å². The number of hydrogen-bond donors (Lipinski definition) is 0. The van der Waals surface area contributed by atoms with Crippen LogP contribution in [-0.4, -0.2) is 26.1 Å². The number of rotatable bonds is 4. The van der Waals surface area contributed by atoms with Gasteiger partial charge in [0, 0.05) is 19.6 Å². The highest BCUT2D eigenvalue weighted by Gasteiger charge is 2.21. The van der Waals surface area contributed by atoms with Crippen molar-refractivity contribution in [3.8, 4) is 0 Å². The summed E-state index contributed by atoms with van der Waals surface area (Å²) in [6, 6.07) is 0. The van der Waals surface area contributed by atoms with Crippen LogP contribution in [0.15, 0.2) is 12.7 Å². The van der Waals surface area contributed by atoms with E-state index < -0.39 is 21.2 Å². The van der Waals surface area contributed by atoms with Gasteiger partial charge in [0.2, 0.25) is 5.44 Å². The summed E-state index contributed by atoms with van der Waals surface area (Å²) in [5.41, 5.74) is -1.09. The summed E-state index contributed by atoms with van der Waals surface area (Å²) in [5, 5.41) is 0. The van der Waals surface area contributed by atoms with Crippen LogP contribution in [0.5, 0.6) is 0 Å². The fraction of sp³-hybridized carbons (Fsp3) is 0.571. The van der Waals surface area contributed by atoms with Crippen LogP contribution in [0.25, 0.3) is 0 Å². The Morgan fingerprint density at radius 3 is 2.42 bits per heavy atom. The number of ether oxygens (including phenoxy) is 1. The summed E-state index contributed by atoms with van der Waals surface area (Å²) >= 11 is 0. The Morgan fingerprint density at radius 2 is 2.17 bits per heavy atom. The summed E-state index contributed by atoms with van der Waals surface area (Å²) in [6.07, 6.45) is 2.54. The highest BCUT2D eigenvalue weighted by Crippen LogP contribution is 2.07. The Kier molecular flexibility index (Phi) is 3.95. The first-order chi connectivity index (χ1) is 5.38. The summed E-state index contributed by atoms with van der Waals surface area (Å²) < 4.78 is 26.4. The molecule has 1 atom stereocenters. The predicted molar refractivity (Wildman–Crippen MR) is 45.2 cm³/mol. The van der Waals surface area contributed by atoms with Gasteiger partial charge in [-0.25, -0.2) is 8.42 Å². The van der Waals surface area contributed by atoms with Crippen LogP contribution >= 0.6 is 0 Å². The molecule has 70 valence electrons. The molecular weight excluding hydrogens is 180 g/mol. The first-order valence-corrected chi connectivity index (χ1v) is 5.30. The SMILES string of the molecule is C=CCC(OC(C)=O)S(C)(=O)=O. The lowest BCUT2D eigenvalue weighted by molar-refractivity contribution is -0.142. The van der Waals surface area contributed by atoms with Crippen LogP contribution in [0, 0.1) is 0 Å². The Bertz CT molecular complexity index is 265. The van der Waals surface area contributed by atoms with Gasteiger partial charge in [-0.15, -0.1) is 6.58 Å². The normalized spacial score (nSPS) is 13.5. The van der Waals surface area contributed by atoms with Crippen molar-refractivity contribution in [2.24, 2.45) is 0 Å². The third-order valence-corrected chi connectivity index (χ3v) is 2.38. The minimum Gasteiger partial charge on any atom is -0.446 e. The van der Waals surface area contributed by atoms with Gasteiger partial charge in [-0.05, 0) is 0 Å². The second-order valence-corrected chi connectivity index (χ2v) is 4.58. The fourth-order valence-electron chi connectivity index (χ4n) is 0.631.